The number of aryl methyl sites for hydroxylation is 1. The summed E-state index contributed by atoms with van der Waals surface area (Å²) in [6.45, 7) is 1.91. The molecule has 0 bridgehead atoms. The summed E-state index contributed by atoms with van der Waals surface area (Å²) in [4.78, 5) is 27.1. The second-order valence-electron chi connectivity index (χ2n) is 6.65. The quantitative estimate of drug-likeness (QED) is 0.659. The fraction of sp³-hybridized carbons (Fsp3) is 0.0435. The fourth-order valence-corrected chi connectivity index (χ4v) is 3.16. The summed E-state index contributed by atoms with van der Waals surface area (Å²) in [5.41, 5.74) is 1.96. The van der Waals surface area contributed by atoms with Gasteiger partial charge in [-0.3, -0.25) is 9.59 Å². The van der Waals surface area contributed by atoms with Crippen molar-refractivity contribution in [2.45, 2.75) is 6.92 Å². The van der Waals surface area contributed by atoms with Crippen LogP contribution in [0.3, 0.4) is 0 Å². The van der Waals surface area contributed by atoms with Crippen molar-refractivity contribution in [2.75, 3.05) is 10.2 Å². The van der Waals surface area contributed by atoms with Crippen LogP contribution >= 0.6 is 0 Å². The van der Waals surface area contributed by atoms with E-state index < -0.39 is 23.4 Å². The number of amides is 2. The van der Waals surface area contributed by atoms with Gasteiger partial charge in [0.05, 0.1) is 11.3 Å². The van der Waals surface area contributed by atoms with Gasteiger partial charge >= 0.3 is 0 Å². The first-order chi connectivity index (χ1) is 14.0. The zero-order valence-corrected chi connectivity index (χ0v) is 15.4. The highest BCUT2D eigenvalue weighted by Gasteiger charge is 2.41. The van der Waals surface area contributed by atoms with Crippen LogP contribution in [-0.4, -0.2) is 11.8 Å². The molecule has 0 aromatic heterocycles. The van der Waals surface area contributed by atoms with E-state index in [1.54, 1.807) is 18.2 Å². The number of imide groups is 1. The first kappa shape index (κ1) is 18.6. The summed E-state index contributed by atoms with van der Waals surface area (Å²) < 4.78 is 27.6. The molecule has 6 heteroatoms. The number of hydrogen-bond donors (Lipinski definition) is 1. The van der Waals surface area contributed by atoms with Gasteiger partial charge < -0.3 is 5.32 Å². The zero-order valence-electron chi connectivity index (χ0n) is 15.4. The number of nitrogens with one attached hydrogen (secondary N) is 1. The Kier molecular flexibility index (Phi) is 4.68. The van der Waals surface area contributed by atoms with E-state index in [1.807, 2.05) is 19.1 Å². The van der Waals surface area contributed by atoms with Crippen molar-refractivity contribution in [3.8, 4) is 0 Å². The summed E-state index contributed by atoms with van der Waals surface area (Å²) in [6, 6.07) is 18.1. The lowest BCUT2D eigenvalue weighted by Crippen LogP contribution is -2.33. The second kappa shape index (κ2) is 7.31. The molecule has 3 aromatic rings. The molecule has 0 saturated carbocycles. The van der Waals surface area contributed by atoms with Crippen LogP contribution in [0.25, 0.3) is 5.57 Å². The first-order valence-electron chi connectivity index (χ1n) is 8.93. The van der Waals surface area contributed by atoms with Gasteiger partial charge in [-0.1, -0.05) is 42.0 Å². The Bertz CT molecular complexity index is 1140. The minimum Gasteiger partial charge on any atom is -0.350 e. The van der Waals surface area contributed by atoms with Crippen molar-refractivity contribution in [3.05, 3.63) is 101 Å². The average molecular weight is 390 g/mol. The summed E-state index contributed by atoms with van der Waals surface area (Å²) >= 11 is 0. The fourth-order valence-electron chi connectivity index (χ4n) is 3.16. The van der Waals surface area contributed by atoms with Crippen molar-refractivity contribution in [1.82, 2.24) is 0 Å². The van der Waals surface area contributed by atoms with Crippen LogP contribution < -0.4 is 10.2 Å². The molecule has 1 aliphatic rings. The van der Waals surface area contributed by atoms with Crippen LogP contribution in [0.2, 0.25) is 0 Å². The van der Waals surface area contributed by atoms with Crippen molar-refractivity contribution >= 4 is 28.8 Å². The molecule has 0 unspecified atom stereocenters. The molecule has 1 aliphatic heterocycles. The number of para-hydroxylation sites is 1. The Hall–Kier alpha value is -3.80. The van der Waals surface area contributed by atoms with Crippen molar-refractivity contribution in [3.63, 3.8) is 0 Å². The molecule has 4 nitrogen and oxygen atoms in total. The molecule has 0 radical (unpaired) electrons. The van der Waals surface area contributed by atoms with E-state index in [0.717, 1.165) is 10.5 Å². The summed E-state index contributed by atoms with van der Waals surface area (Å²) in [7, 11) is 0. The van der Waals surface area contributed by atoms with Crippen LogP contribution in [0.4, 0.5) is 20.2 Å². The van der Waals surface area contributed by atoms with Gasteiger partial charge in [0, 0.05) is 5.69 Å². The molecule has 0 saturated heterocycles. The highest BCUT2D eigenvalue weighted by Crippen LogP contribution is 2.34. The molecule has 0 fully saturated rings. The van der Waals surface area contributed by atoms with E-state index in [1.165, 1.54) is 42.5 Å². The molecular weight excluding hydrogens is 374 g/mol. The maximum atomic E-state index is 14.3. The average Bonchev–Trinajstić information content (AvgIpc) is 2.95. The number of carbonyl (C=O) groups is 2. The minimum absolute atomic E-state index is 0.00807. The normalized spacial score (nSPS) is 14.0. The Morgan fingerprint density at radius 3 is 2.10 bits per heavy atom. The zero-order chi connectivity index (χ0) is 20.5. The number of benzene rings is 3. The van der Waals surface area contributed by atoms with E-state index in [0.29, 0.717) is 11.3 Å². The standard InChI is InChI=1S/C23H16F2N2O2/c1-14-6-8-15(9-7-14)20-21(26-17-12-10-16(24)11-13-17)23(29)27(22(20)28)19-5-3-2-4-18(19)25/h2-13,26H,1H3. The topological polar surface area (TPSA) is 49.4 Å². The molecule has 1 heterocycles. The monoisotopic (exact) mass is 390 g/mol. The molecule has 0 spiro atoms. The SMILES string of the molecule is Cc1ccc(C2=C(Nc3ccc(F)cc3)C(=O)N(c3ccccc3F)C2=O)cc1. The van der Waals surface area contributed by atoms with Crippen molar-refractivity contribution < 1.29 is 18.4 Å². The van der Waals surface area contributed by atoms with Gasteiger partial charge in [0.15, 0.2) is 0 Å². The lowest BCUT2D eigenvalue weighted by atomic mass is 10.0. The van der Waals surface area contributed by atoms with Crippen LogP contribution in [0, 0.1) is 18.6 Å². The van der Waals surface area contributed by atoms with E-state index in [2.05, 4.69) is 5.32 Å². The van der Waals surface area contributed by atoms with E-state index in [-0.39, 0.29) is 17.0 Å². The molecule has 144 valence electrons. The number of anilines is 2. The number of rotatable bonds is 4. The van der Waals surface area contributed by atoms with Gasteiger partial charge in [-0.05, 0) is 48.9 Å². The second-order valence-corrected chi connectivity index (χ2v) is 6.65. The maximum absolute atomic E-state index is 14.3. The smallest absolute Gasteiger partial charge is 0.282 e. The highest BCUT2D eigenvalue weighted by atomic mass is 19.1. The van der Waals surface area contributed by atoms with Gasteiger partial charge in [-0.25, -0.2) is 13.7 Å². The van der Waals surface area contributed by atoms with Crippen LogP contribution in [0.1, 0.15) is 11.1 Å². The first-order valence-corrected chi connectivity index (χ1v) is 8.93. The molecule has 29 heavy (non-hydrogen) atoms. The summed E-state index contributed by atoms with van der Waals surface area (Å²) in [5, 5.41) is 2.91. The Morgan fingerprint density at radius 1 is 0.793 bits per heavy atom. The molecule has 1 N–H and O–H groups in total. The van der Waals surface area contributed by atoms with Gasteiger partial charge in [0.1, 0.15) is 17.3 Å². The van der Waals surface area contributed by atoms with Gasteiger partial charge in [0.25, 0.3) is 11.8 Å². The highest BCUT2D eigenvalue weighted by molar-refractivity contribution is 6.46. The predicted octanol–water partition coefficient (Wildman–Crippen LogP) is 4.67. The van der Waals surface area contributed by atoms with Crippen molar-refractivity contribution in [1.29, 1.82) is 0 Å². The summed E-state index contributed by atoms with van der Waals surface area (Å²) in [5.74, 6) is -2.42. The third kappa shape index (κ3) is 3.40. The number of carbonyl (C=O) groups excluding carboxylic acids is 2. The molecular formula is C23H16F2N2O2. The third-order valence-corrected chi connectivity index (χ3v) is 4.63. The molecule has 4 rings (SSSR count). The number of halogens is 2. The third-order valence-electron chi connectivity index (χ3n) is 4.63. The number of nitrogens with zero attached hydrogens (tertiary/aromatic N) is 1. The van der Waals surface area contributed by atoms with Crippen LogP contribution in [0.5, 0.6) is 0 Å². The predicted molar refractivity (Wildman–Crippen MR) is 107 cm³/mol. The molecule has 3 aromatic carbocycles. The van der Waals surface area contributed by atoms with Gasteiger partial charge in [-0.15, -0.1) is 0 Å². The maximum Gasteiger partial charge on any atom is 0.282 e. The van der Waals surface area contributed by atoms with Crippen molar-refractivity contribution in [2.24, 2.45) is 0 Å². The Balaban J connectivity index is 1.83. The molecule has 0 atom stereocenters. The summed E-state index contributed by atoms with van der Waals surface area (Å²) in [6.07, 6.45) is 0. The lowest BCUT2D eigenvalue weighted by molar-refractivity contribution is -0.120. The largest absolute Gasteiger partial charge is 0.350 e. The van der Waals surface area contributed by atoms with Crippen LogP contribution in [0.15, 0.2) is 78.5 Å². The Labute approximate surface area is 166 Å². The van der Waals surface area contributed by atoms with Crippen LogP contribution in [-0.2, 0) is 9.59 Å². The van der Waals surface area contributed by atoms with Gasteiger partial charge in [-0.2, -0.15) is 0 Å². The van der Waals surface area contributed by atoms with E-state index >= 15 is 0 Å². The molecule has 0 aliphatic carbocycles. The molecule has 2 amide bonds. The van der Waals surface area contributed by atoms with Gasteiger partial charge in [0.2, 0.25) is 0 Å². The number of hydrogen-bond acceptors (Lipinski definition) is 3. The lowest BCUT2D eigenvalue weighted by Gasteiger charge is -2.16. The van der Waals surface area contributed by atoms with E-state index in [4.69, 9.17) is 0 Å². The Morgan fingerprint density at radius 2 is 1.45 bits per heavy atom. The minimum atomic E-state index is -0.681. The van der Waals surface area contributed by atoms with E-state index in [9.17, 15) is 18.4 Å².